The SMILES string of the molecule is CN(C(=O)c1cc2c(-c3c(Cl)cc(Cl)c4c3CCO4)nc(N)nc2s1)C1COC1. The van der Waals surface area contributed by atoms with Crippen molar-refractivity contribution in [1.29, 1.82) is 0 Å². The van der Waals surface area contributed by atoms with Gasteiger partial charge in [0.2, 0.25) is 5.95 Å². The number of hydrogen-bond acceptors (Lipinski definition) is 7. The van der Waals surface area contributed by atoms with E-state index in [2.05, 4.69) is 9.97 Å². The van der Waals surface area contributed by atoms with Gasteiger partial charge in [0, 0.05) is 30.0 Å². The van der Waals surface area contributed by atoms with Crippen LogP contribution in [0.2, 0.25) is 10.0 Å². The highest BCUT2D eigenvalue weighted by atomic mass is 35.5. The first kappa shape index (κ1) is 18.9. The first-order valence-corrected chi connectivity index (χ1v) is 10.6. The van der Waals surface area contributed by atoms with E-state index in [1.165, 1.54) is 11.3 Å². The van der Waals surface area contributed by atoms with Crippen molar-refractivity contribution in [3.63, 3.8) is 0 Å². The van der Waals surface area contributed by atoms with Crippen molar-refractivity contribution < 1.29 is 14.3 Å². The molecule has 0 bridgehead atoms. The molecule has 0 radical (unpaired) electrons. The number of nitrogens with zero attached hydrogens (tertiary/aromatic N) is 3. The van der Waals surface area contributed by atoms with E-state index < -0.39 is 0 Å². The van der Waals surface area contributed by atoms with Crippen molar-refractivity contribution in [2.24, 2.45) is 0 Å². The second-order valence-corrected chi connectivity index (χ2v) is 8.83. The summed E-state index contributed by atoms with van der Waals surface area (Å²) in [4.78, 5) is 24.6. The summed E-state index contributed by atoms with van der Waals surface area (Å²) in [6, 6.07) is 3.55. The molecule has 2 aromatic heterocycles. The summed E-state index contributed by atoms with van der Waals surface area (Å²) in [6.07, 6.45) is 0.663. The van der Waals surface area contributed by atoms with Crippen LogP contribution in [-0.4, -0.2) is 53.7 Å². The number of thiophene rings is 1. The number of fused-ring (bicyclic) bond motifs is 2. The molecule has 0 saturated carbocycles. The number of anilines is 1. The summed E-state index contributed by atoms with van der Waals surface area (Å²) < 4.78 is 10.9. The van der Waals surface area contributed by atoms with Crippen LogP contribution in [-0.2, 0) is 11.2 Å². The maximum Gasteiger partial charge on any atom is 0.264 e. The zero-order valence-corrected chi connectivity index (χ0v) is 17.7. The molecule has 0 spiro atoms. The minimum Gasteiger partial charge on any atom is -0.491 e. The van der Waals surface area contributed by atoms with Gasteiger partial charge in [0.25, 0.3) is 5.91 Å². The molecule has 4 heterocycles. The Balaban J connectivity index is 1.67. The van der Waals surface area contributed by atoms with E-state index in [4.69, 9.17) is 38.4 Å². The number of rotatable bonds is 3. The Hall–Kier alpha value is -2.13. The number of amides is 1. The zero-order chi connectivity index (χ0) is 20.3. The summed E-state index contributed by atoms with van der Waals surface area (Å²) in [5.74, 6) is 0.655. The van der Waals surface area contributed by atoms with E-state index in [0.29, 0.717) is 57.4 Å². The van der Waals surface area contributed by atoms with E-state index >= 15 is 0 Å². The number of nitrogen functional groups attached to an aromatic ring is 1. The Labute approximate surface area is 180 Å². The smallest absolute Gasteiger partial charge is 0.264 e. The fourth-order valence-corrected chi connectivity index (χ4v) is 5.24. The van der Waals surface area contributed by atoms with E-state index in [0.717, 1.165) is 16.5 Å². The van der Waals surface area contributed by atoms with Gasteiger partial charge in [-0.2, -0.15) is 0 Å². The largest absolute Gasteiger partial charge is 0.491 e. The standard InChI is InChI=1S/C19H16Cl2N4O3S/c1-25(8-6-27-7-8)18(26)13-4-10-15(23-19(22)24-17(10)29-13)14-9-2-3-28-16(9)12(21)5-11(14)20/h4-5,8H,2-3,6-7H2,1H3,(H2,22,23,24). The lowest BCUT2D eigenvalue weighted by Crippen LogP contribution is -2.49. The average Bonchev–Trinajstić information content (AvgIpc) is 3.26. The Bertz CT molecular complexity index is 1160. The number of hydrogen-bond donors (Lipinski definition) is 1. The van der Waals surface area contributed by atoms with Crippen LogP contribution in [0.15, 0.2) is 12.1 Å². The van der Waals surface area contributed by atoms with Crippen molar-refractivity contribution >= 4 is 56.6 Å². The fourth-order valence-electron chi connectivity index (χ4n) is 3.58. The van der Waals surface area contributed by atoms with Crippen molar-refractivity contribution in [3.05, 3.63) is 32.6 Å². The average molecular weight is 451 g/mol. The molecule has 5 rings (SSSR count). The first-order chi connectivity index (χ1) is 13.9. The number of ether oxygens (including phenoxy) is 2. The topological polar surface area (TPSA) is 90.6 Å². The molecule has 150 valence electrons. The third-order valence-electron chi connectivity index (χ3n) is 5.23. The number of aromatic nitrogens is 2. The van der Waals surface area contributed by atoms with Gasteiger partial charge in [0.1, 0.15) is 10.6 Å². The minimum absolute atomic E-state index is 0.0819. The van der Waals surface area contributed by atoms with Gasteiger partial charge in [-0.3, -0.25) is 4.79 Å². The Morgan fingerprint density at radius 3 is 2.79 bits per heavy atom. The molecule has 7 nitrogen and oxygen atoms in total. The molecule has 0 aliphatic carbocycles. The number of likely N-dealkylation sites (N-methyl/N-ethyl adjacent to an activating group) is 1. The lowest BCUT2D eigenvalue weighted by atomic mass is 10.00. The van der Waals surface area contributed by atoms with Crippen molar-refractivity contribution in [3.8, 4) is 17.0 Å². The first-order valence-electron chi connectivity index (χ1n) is 9.00. The molecule has 1 aromatic carbocycles. The fraction of sp³-hybridized carbons (Fsp3) is 0.316. The Kier molecular flexibility index (Phi) is 4.54. The molecule has 3 aromatic rings. The van der Waals surface area contributed by atoms with Gasteiger partial charge < -0.3 is 20.1 Å². The van der Waals surface area contributed by atoms with Crippen LogP contribution >= 0.6 is 34.5 Å². The summed E-state index contributed by atoms with van der Waals surface area (Å²) >= 11 is 14.1. The van der Waals surface area contributed by atoms with Gasteiger partial charge in [-0.15, -0.1) is 11.3 Å². The maximum absolute atomic E-state index is 12.9. The number of carbonyl (C=O) groups excluding carboxylic acids is 1. The van der Waals surface area contributed by atoms with Crippen LogP contribution in [0.4, 0.5) is 5.95 Å². The summed E-state index contributed by atoms with van der Waals surface area (Å²) in [5, 5.41) is 1.65. The normalized spacial score (nSPS) is 15.8. The van der Waals surface area contributed by atoms with Gasteiger partial charge in [0.05, 0.1) is 46.5 Å². The van der Waals surface area contributed by atoms with E-state index in [-0.39, 0.29) is 17.9 Å². The molecule has 2 N–H and O–H groups in total. The third kappa shape index (κ3) is 3.02. The lowest BCUT2D eigenvalue weighted by molar-refractivity contribution is -0.0466. The number of carbonyl (C=O) groups is 1. The van der Waals surface area contributed by atoms with Gasteiger partial charge >= 0.3 is 0 Å². The zero-order valence-electron chi connectivity index (χ0n) is 15.4. The number of halogens is 2. The van der Waals surface area contributed by atoms with Gasteiger partial charge in [0.15, 0.2) is 0 Å². The Morgan fingerprint density at radius 1 is 1.28 bits per heavy atom. The lowest BCUT2D eigenvalue weighted by Gasteiger charge is -2.34. The molecular formula is C19H16Cl2N4O3S. The predicted molar refractivity (Wildman–Crippen MR) is 113 cm³/mol. The van der Waals surface area contributed by atoms with Crippen LogP contribution < -0.4 is 10.5 Å². The van der Waals surface area contributed by atoms with Crippen LogP contribution in [0.1, 0.15) is 15.2 Å². The molecule has 2 aliphatic rings. The summed E-state index contributed by atoms with van der Waals surface area (Å²) in [7, 11) is 1.78. The molecular weight excluding hydrogens is 435 g/mol. The quantitative estimate of drug-likeness (QED) is 0.654. The highest BCUT2D eigenvalue weighted by Crippen LogP contribution is 2.46. The molecule has 0 atom stereocenters. The van der Waals surface area contributed by atoms with Gasteiger partial charge in [-0.1, -0.05) is 23.2 Å². The van der Waals surface area contributed by atoms with Crippen molar-refractivity contribution in [2.45, 2.75) is 12.5 Å². The third-order valence-corrected chi connectivity index (χ3v) is 6.83. The summed E-state index contributed by atoms with van der Waals surface area (Å²) in [6.45, 7) is 1.63. The number of benzene rings is 1. The van der Waals surface area contributed by atoms with E-state index in [1.54, 1.807) is 24.1 Å². The second-order valence-electron chi connectivity index (χ2n) is 6.99. The molecule has 2 aliphatic heterocycles. The van der Waals surface area contributed by atoms with Crippen LogP contribution in [0, 0.1) is 0 Å². The molecule has 1 amide bonds. The van der Waals surface area contributed by atoms with Crippen molar-refractivity contribution in [2.75, 3.05) is 32.6 Å². The predicted octanol–water partition coefficient (Wildman–Crippen LogP) is 3.65. The van der Waals surface area contributed by atoms with Gasteiger partial charge in [-0.05, 0) is 12.1 Å². The Morgan fingerprint density at radius 2 is 2.07 bits per heavy atom. The van der Waals surface area contributed by atoms with Crippen LogP contribution in [0.3, 0.4) is 0 Å². The van der Waals surface area contributed by atoms with Crippen LogP contribution in [0.5, 0.6) is 5.75 Å². The van der Waals surface area contributed by atoms with Gasteiger partial charge in [-0.25, -0.2) is 9.97 Å². The van der Waals surface area contributed by atoms with E-state index in [1.807, 2.05) is 0 Å². The molecule has 29 heavy (non-hydrogen) atoms. The number of nitrogens with two attached hydrogens (primary N) is 1. The molecule has 0 unspecified atom stereocenters. The molecule has 1 saturated heterocycles. The van der Waals surface area contributed by atoms with E-state index in [9.17, 15) is 4.79 Å². The highest BCUT2D eigenvalue weighted by molar-refractivity contribution is 7.20. The minimum atomic E-state index is -0.0819. The maximum atomic E-state index is 12.9. The monoisotopic (exact) mass is 450 g/mol. The highest BCUT2D eigenvalue weighted by Gasteiger charge is 2.30. The molecule has 1 fully saturated rings. The summed E-state index contributed by atoms with van der Waals surface area (Å²) in [5.41, 5.74) is 8.18. The second kappa shape index (κ2) is 6.98. The van der Waals surface area contributed by atoms with Crippen LogP contribution in [0.25, 0.3) is 21.5 Å². The molecule has 10 heteroatoms. The van der Waals surface area contributed by atoms with Crippen molar-refractivity contribution in [1.82, 2.24) is 14.9 Å².